The smallest absolute Gasteiger partial charge is 0.282 e. The Morgan fingerprint density at radius 1 is 0.974 bits per heavy atom. The third-order valence-electron chi connectivity index (χ3n) is 7.04. The Labute approximate surface area is 242 Å². The molecule has 0 N–H and O–H groups in total. The van der Waals surface area contributed by atoms with Gasteiger partial charge in [0.15, 0.2) is 5.01 Å². The Bertz CT molecular complexity index is 1610. The molecule has 2 aliphatic heterocycles. The minimum absolute atomic E-state index is 0. The zero-order valence-corrected chi connectivity index (χ0v) is 24.2. The SMILES string of the molecule is Cl.O=C(c1nc2c(s1)CN(Cc1ccccn1)CC2)N1CCN(S(=O)(=O)c2ccc3cc(Cl)ccc3c2)CC1. The van der Waals surface area contributed by atoms with Crippen LogP contribution >= 0.6 is 35.3 Å². The first-order valence-corrected chi connectivity index (χ1v) is 15.1. The molecule has 1 fully saturated rings. The maximum absolute atomic E-state index is 13.3. The average molecular weight is 605 g/mol. The quantitative estimate of drug-likeness (QED) is 0.334. The van der Waals surface area contributed by atoms with Gasteiger partial charge >= 0.3 is 0 Å². The van der Waals surface area contributed by atoms with Gasteiger partial charge in [0.2, 0.25) is 10.0 Å². The number of carbonyl (C=O) groups excluding carboxylic acids is 1. The first-order valence-electron chi connectivity index (χ1n) is 12.5. The molecule has 204 valence electrons. The fourth-order valence-electron chi connectivity index (χ4n) is 4.97. The van der Waals surface area contributed by atoms with Crippen molar-refractivity contribution < 1.29 is 13.2 Å². The zero-order valence-electron chi connectivity index (χ0n) is 21.0. The van der Waals surface area contributed by atoms with Crippen LogP contribution in [0.2, 0.25) is 5.02 Å². The van der Waals surface area contributed by atoms with Gasteiger partial charge in [-0.05, 0) is 47.2 Å². The van der Waals surface area contributed by atoms with Gasteiger partial charge in [-0.3, -0.25) is 14.7 Å². The molecule has 0 bridgehead atoms. The highest BCUT2D eigenvalue weighted by Gasteiger charge is 2.32. The maximum atomic E-state index is 13.3. The van der Waals surface area contributed by atoms with Crippen molar-refractivity contribution in [3.63, 3.8) is 0 Å². The van der Waals surface area contributed by atoms with Crippen molar-refractivity contribution in [3.8, 4) is 0 Å². The van der Waals surface area contributed by atoms with Gasteiger partial charge in [-0.2, -0.15) is 4.31 Å². The topological polar surface area (TPSA) is 86.7 Å². The summed E-state index contributed by atoms with van der Waals surface area (Å²) >= 11 is 7.50. The number of fused-ring (bicyclic) bond motifs is 2. The van der Waals surface area contributed by atoms with Gasteiger partial charge in [0.05, 0.1) is 16.3 Å². The number of piperazine rings is 1. The number of hydrogen-bond acceptors (Lipinski definition) is 7. The van der Waals surface area contributed by atoms with E-state index in [9.17, 15) is 13.2 Å². The van der Waals surface area contributed by atoms with Crippen molar-refractivity contribution in [2.24, 2.45) is 0 Å². The van der Waals surface area contributed by atoms with E-state index in [1.54, 1.807) is 35.4 Å². The fraction of sp³-hybridized carbons (Fsp3) is 0.296. The number of benzene rings is 2. The summed E-state index contributed by atoms with van der Waals surface area (Å²) in [7, 11) is -3.67. The van der Waals surface area contributed by atoms with E-state index in [1.807, 2.05) is 30.3 Å². The molecule has 4 heterocycles. The van der Waals surface area contributed by atoms with Crippen molar-refractivity contribution in [2.75, 3.05) is 32.7 Å². The molecule has 39 heavy (non-hydrogen) atoms. The highest BCUT2D eigenvalue weighted by Crippen LogP contribution is 2.28. The van der Waals surface area contributed by atoms with Crippen molar-refractivity contribution in [1.82, 2.24) is 24.1 Å². The minimum atomic E-state index is -3.67. The van der Waals surface area contributed by atoms with Crippen molar-refractivity contribution in [1.29, 1.82) is 0 Å². The summed E-state index contributed by atoms with van der Waals surface area (Å²) in [6, 6.07) is 16.4. The normalized spacial score (nSPS) is 16.6. The van der Waals surface area contributed by atoms with E-state index < -0.39 is 10.0 Å². The number of pyridine rings is 1. The van der Waals surface area contributed by atoms with Gasteiger partial charge in [0.25, 0.3) is 5.91 Å². The number of halogens is 2. The summed E-state index contributed by atoms with van der Waals surface area (Å²) in [5.41, 5.74) is 2.02. The highest BCUT2D eigenvalue weighted by atomic mass is 35.5. The molecule has 0 saturated carbocycles. The van der Waals surface area contributed by atoms with Crippen molar-refractivity contribution >= 4 is 62.0 Å². The van der Waals surface area contributed by atoms with E-state index in [4.69, 9.17) is 11.6 Å². The number of carbonyl (C=O) groups is 1. The second-order valence-electron chi connectivity index (χ2n) is 9.52. The van der Waals surface area contributed by atoms with Gasteiger partial charge in [-0.15, -0.1) is 23.7 Å². The monoisotopic (exact) mass is 603 g/mol. The Balaban J connectivity index is 0.00000308. The van der Waals surface area contributed by atoms with Crippen LogP contribution in [0.4, 0.5) is 0 Å². The lowest BCUT2D eigenvalue weighted by molar-refractivity contribution is 0.0697. The molecule has 2 aliphatic rings. The fourth-order valence-corrected chi connectivity index (χ4v) is 7.72. The van der Waals surface area contributed by atoms with Crippen LogP contribution in [0, 0.1) is 0 Å². The molecule has 6 rings (SSSR count). The summed E-state index contributed by atoms with van der Waals surface area (Å²) in [6.07, 6.45) is 2.60. The highest BCUT2D eigenvalue weighted by molar-refractivity contribution is 7.89. The van der Waals surface area contributed by atoms with Crippen LogP contribution in [0.3, 0.4) is 0 Å². The molecule has 0 spiro atoms. The largest absolute Gasteiger partial charge is 0.334 e. The lowest BCUT2D eigenvalue weighted by Gasteiger charge is -2.33. The first-order chi connectivity index (χ1) is 18.4. The molecule has 0 atom stereocenters. The second-order valence-corrected chi connectivity index (χ2v) is 13.0. The zero-order chi connectivity index (χ0) is 26.3. The molecule has 4 aromatic rings. The van der Waals surface area contributed by atoms with Gasteiger partial charge < -0.3 is 4.90 Å². The lowest BCUT2D eigenvalue weighted by Crippen LogP contribution is -2.50. The molecule has 8 nitrogen and oxygen atoms in total. The summed E-state index contributed by atoms with van der Waals surface area (Å²) in [6.45, 7) is 3.54. The average Bonchev–Trinajstić information content (AvgIpc) is 3.36. The molecule has 2 aromatic heterocycles. The van der Waals surface area contributed by atoms with Crippen LogP contribution in [0.1, 0.15) is 26.1 Å². The van der Waals surface area contributed by atoms with Crippen LogP contribution < -0.4 is 0 Å². The Hall–Kier alpha value is -2.60. The number of sulfonamides is 1. The third-order valence-corrected chi connectivity index (χ3v) is 10.2. The van der Waals surface area contributed by atoms with Crippen LogP contribution in [0.15, 0.2) is 65.7 Å². The minimum Gasteiger partial charge on any atom is -0.334 e. The van der Waals surface area contributed by atoms with Gasteiger partial charge in [-0.1, -0.05) is 29.8 Å². The molecule has 1 saturated heterocycles. The first kappa shape index (κ1) is 27.9. The van der Waals surface area contributed by atoms with Gasteiger partial charge in [-0.25, -0.2) is 13.4 Å². The molecule has 0 radical (unpaired) electrons. The Kier molecular flexibility index (Phi) is 8.23. The van der Waals surface area contributed by atoms with Crippen molar-refractivity contribution in [2.45, 2.75) is 24.4 Å². The predicted octanol–water partition coefficient (Wildman–Crippen LogP) is 4.47. The number of aromatic nitrogens is 2. The number of rotatable bonds is 5. The summed E-state index contributed by atoms with van der Waals surface area (Å²) in [4.78, 5) is 27.7. The summed E-state index contributed by atoms with van der Waals surface area (Å²) in [5, 5.41) is 2.80. The summed E-state index contributed by atoms with van der Waals surface area (Å²) in [5.74, 6) is -0.125. The van der Waals surface area contributed by atoms with Crippen LogP contribution in [-0.4, -0.2) is 71.1 Å². The number of amides is 1. The molecule has 12 heteroatoms. The molecule has 0 unspecified atom stereocenters. The number of nitrogens with zero attached hydrogens (tertiary/aromatic N) is 5. The molecule has 1 amide bonds. The molecule has 0 aliphatic carbocycles. The van der Waals surface area contributed by atoms with Crippen LogP contribution in [0.25, 0.3) is 10.8 Å². The number of thiazole rings is 1. The van der Waals surface area contributed by atoms with E-state index >= 15 is 0 Å². The maximum Gasteiger partial charge on any atom is 0.282 e. The van der Waals surface area contributed by atoms with Crippen molar-refractivity contribution in [3.05, 3.63) is 87.1 Å². The van der Waals surface area contributed by atoms with E-state index in [1.165, 1.54) is 15.6 Å². The van der Waals surface area contributed by atoms with Crippen LogP contribution in [-0.2, 0) is 29.5 Å². The van der Waals surface area contributed by atoms with E-state index in [0.29, 0.717) is 23.1 Å². The molecule has 2 aromatic carbocycles. The van der Waals surface area contributed by atoms with Gasteiger partial charge in [0.1, 0.15) is 0 Å². The molecular formula is C27H27Cl2N5O3S2. The van der Waals surface area contributed by atoms with E-state index in [2.05, 4.69) is 14.9 Å². The van der Waals surface area contributed by atoms with E-state index in [0.717, 1.165) is 53.1 Å². The molecular weight excluding hydrogens is 577 g/mol. The van der Waals surface area contributed by atoms with Crippen LogP contribution in [0.5, 0.6) is 0 Å². The summed E-state index contributed by atoms with van der Waals surface area (Å²) < 4.78 is 28.1. The number of hydrogen-bond donors (Lipinski definition) is 0. The van der Waals surface area contributed by atoms with E-state index in [-0.39, 0.29) is 36.3 Å². The predicted molar refractivity (Wildman–Crippen MR) is 155 cm³/mol. The Morgan fingerprint density at radius 2 is 1.74 bits per heavy atom. The van der Waals surface area contributed by atoms with Gasteiger partial charge in [0, 0.05) is 68.3 Å². The standard InChI is InChI=1S/C27H26ClN5O3S2.ClH/c28-21-6-4-20-16-23(7-5-19(20)15-21)38(35,36)33-13-11-32(12-14-33)27(34)26-30-24-8-10-31(18-25(24)37-26)17-22-3-1-2-9-29-22;/h1-7,9,15-16H,8,10-14,17-18H2;1H. The lowest BCUT2D eigenvalue weighted by atomic mass is 10.1. The Morgan fingerprint density at radius 3 is 2.51 bits per heavy atom. The third kappa shape index (κ3) is 5.82. The second kappa shape index (κ2) is 11.5.